The third-order valence-electron chi connectivity index (χ3n) is 5.02. The van der Waals surface area contributed by atoms with Crippen molar-refractivity contribution in [3.8, 4) is 5.75 Å². The Balaban J connectivity index is 1.48. The van der Waals surface area contributed by atoms with Crippen LogP contribution in [-0.4, -0.2) is 42.3 Å². The van der Waals surface area contributed by atoms with E-state index in [1.165, 1.54) is 7.11 Å². The number of methoxy groups -OCH3 is 1. The van der Waals surface area contributed by atoms with Gasteiger partial charge in [0.25, 0.3) is 0 Å². The first-order valence-corrected chi connectivity index (χ1v) is 11.1. The number of carbonyl (C=O) groups excluding carboxylic acids is 1. The lowest BCUT2D eigenvalue weighted by atomic mass is 10.2. The van der Waals surface area contributed by atoms with E-state index in [1.54, 1.807) is 0 Å². The van der Waals surface area contributed by atoms with Crippen molar-refractivity contribution in [2.45, 2.75) is 38.6 Å². The molecule has 7 heteroatoms. The van der Waals surface area contributed by atoms with Crippen LogP contribution in [0.5, 0.6) is 5.75 Å². The molecule has 31 heavy (non-hydrogen) atoms. The SMILES string of the molecule is COCC(=O)NCCCCCc1nc2ccccc2n1CCCOc1ccc(Cl)cc1. The number of imidazole rings is 1. The van der Waals surface area contributed by atoms with Crippen LogP contribution in [0.3, 0.4) is 0 Å². The van der Waals surface area contributed by atoms with Crippen LogP contribution in [0, 0.1) is 0 Å². The van der Waals surface area contributed by atoms with Crippen LogP contribution in [-0.2, 0) is 22.5 Å². The molecule has 6 nitrogen and oxygen atoms in total. The van der Waals surface area contributed by atoms with E-state index in [1.807, 2.05) is 30.3 Å². The molecule has 0 aliphatic rings. The lowest BCUT2D eigenvalue weighted by Crippen LogP contribution is -2.27. The summed E-state index contributed by atoms with van der Waals surface area (Å²) in [6.45, 7) is 2.29. The summed E-state index contributed by atoms with van der Waals surface area (Å²) >= 11 is 5.92. The highest BCUT2D eigenvalue weighted by atomic mass is 35.5. The molecule has 2 aromatic carbocycles. The van der Waals surface area contributed by atoms with Crippen LogP contribution in [0.4, 0.5) is 0 Å². The number of unbranched alkanes of at least 4 members (excludes halogenated alkanes) is 2. The van der Waals surface area contributed by atoms with Gasteiger partial charge in [-0.2, -0.15) is 0 Å². The molecular weight excluding hydrogens is 414 g/mol. The molecule has 0 fully saturated rings. The average molecular weight is 444 g/mol. The number of carbonyl (C=O) groups is 1. The molecule has 3 aromatic rings. The zero-order chi connectivity index (χ0) is 21.9. The standard InChI is InChI=1S/C24H30ClN3O3/c1-30-18-24(29)26-15-6-2-3-10-23-27-21-8-4-5-9-22(21)28(23)16-7-17-31-20-13-11-19(25)12-14-20/h4-5,8-9,11-14H,2-3,6-7,10,15-18H2,1H3,(H,26,29). The largest absolute Gasteiger partial charge is 0.494 e. The lowest BCUT2D eigenvalue weighted by molar-refractivity contribution is -0.124. The first-order valence-electron chi connectivity index (χ1n) is 10.8. The quantitative estimate of drug-likeness (QED) is 0.391. The van der Waals surface area contributed by atoms with E-state index in [0.29, 0.717) is 18.2 Å². The number of rotatable bonds is 13. The number of fused-ring (bicyclic) bond motifs is 1. The highest BCUT2D eigenvalue weighted by molar-refractivity contribution is 6.30. The molecule has 0 radical (unpaired) electrons. The van der Waals surface area contributed by atoms with Crippen molar-refractivity contribution in [1.29, 1.82) is 0 Å². The maximum atomic E-state index is 11.4. The Labute approximate surface area is 188 Å². The van der Waals surface area contributed by atoms with E-state index in [2.05, 4.69) is 28.1 Å². The van der Waals surface area contributed by atoms with Crippen molar-refractivity contribution in [1.82, 2.24) is 14.9 Å². The monoisotopic (exact) mass is 443 g/mol. The molecule has 0 saturated carbocycles. The maximum absolute atomic E-state index is 11.4. The molecule has 1 amide bonds. The number of para-hydroxylation sites is 2. The number of ether oxygens (including phenoxy) is 2. The van der Waals surface area contributed by atoms with Crippen molar-refractivity contribution < 1.29 is 14.3 Å². The van der Waals surface area contributed by atoms with E-state index in [9.17, 15) is 4.79 Å². The third-order valence-corrected chi connectivity index (χ3v) is 5.27. The number of aryl methyl sites for hydroxylation is 2. The summed E-state index contributed by atoms with van der Waals surface area (Å²) in [6, 6.07) is 15.7. The molecule has 166 valence electrons. The number of halogens is 1. The van der Waals surface area contributed by atoms with E-state index in [-0.39, 0.29) is 12.5 Å². The van der Waals surface area contributed by atoms with Crippen molar-refractivity contribution in [2.75, 3.05) is 26.9 Å². The molecule has 0 aliphatic heterocycles. The van der Waals surface area contributed by atoms with Gasteiger partial charge in [-0.3, -0.25) is 4.79 Å². The third kappa shape index (κ3) is 7.26. The molecule has 0 bridgehead atoms. The second-order valence-electron chi connectivity index (χ2n) is 7.42. The second kappa shape index (κ2) is 12.3. The van der Waals surface area contributed by atoms with Crippen LogP contribution >= 0.6 is 11.6 Å². The smallest absolute Gasteiger partial charge is 0.245 e. The van der Waals surface area contributed by atoms with E-state index in [4.69, 9.17) is 26.1 Å². The number of nitrogens with one attached hydrogen (secondary N) is 1. The Kier molecular flexibility index (Phi) is 9.18. The van der Waals surface area contributed by atoms with Gasteiger partial charge < -0.3 is 19.4 Å². The average Bonchev–Trinajstić information content (AvgIpc) is 3.12. The van der Waals surface area contributed by atoms with Crippen LogP contribution < -0.4 is 10.1 Å². The van der Waals surface area contributed by atoms with Crippen molar-refractivity contribution in [3.63, 3.8) is 0 Å². The van der Waals surface area contributed by atoms with Crippen LogP contribution in [0.25, 0.3) is 11.0 Å². The molecule has 0 spiro atoms. The van der Waals surface area contributed by atoms with Gasteiger partial charge in [0, 0.05) is 31.6 Å². The first kappa shape index (κ1) is 23.1. The number of hydrogen-bond acceptors (Lipinski definition) is 4. The summed E-state index contributed by atoms with van der Waals surface area (Å²) in [5, 5.41) is 3.57. The fraction of sp³-hybridized carbons (Fsp3) is 0.417. The predicted octanol–water partition coefficient (Wildman–Crippen LogP) is 4.63. The normalized spacial score (nSPS) is 11.0. The summed E-state index contributed by atoms with van der Waals surface area (Å²) in [5.74, 6) is 1.87. The summed E-state index contributed by atoms with van der Waals surface area (Å²) in [4.78, 5) is 16.3. The zero-order valence-electron chi connectivity index (χ0n) is 18.0. The maximum Gasteiger partial charge on any atom is 0.245 e. The fourth-order valence-corrected chi connectivity index (χ4v) is 3.63. The van der Waals surface area contributed by atoms with Gasteiger partial charge >= 0.3 is 0 Å². The number of hydrogen-bond donors (Lipinski definition) is 1. The minimum Gasteiger partial charge on any atom is -0.494 e. The molecule has 0 atom stereocenters. The predicted molar refractivity (Wildman–Crippen MR) is 124 cm³/mol. The van der Waals surface area contributed by atoms with Gasteiger partial charge in [0.1, 0.15) is 18.2 Å². The number of benzene rings is 2. The summed E-state index contributed by atoms with van der Waals surface area (Å²) in [7, 11) is 1.52. The van der Waals surface area contributed by atoms with Gasteiger partial charge in [0.05, 0.1) is 17.6 Å². The van der Waals surface area contributed by atoms with Crippen molar-refractivity contribution in [3.05, 3.63) is 59.4 Å². The van der Waals surface area contributed by atoms with Gasteiger partial charge in [0.2, 0.25) is 5.91 Å². The second-order valence-corrected chi connectivity index (χ2v) is 7.85. The highest BCUT2D eigenvalue weighted by Crippen LogP contribution is 2.19. The first-order chi connectivity index (χ1) is 15.2. The van der Waals surface area contributed by atoms with E-state index >= 15 is 0 Å². The van der Waals surface area contributed by atoms with Gasteiger partial charge in [-0.25, -0.2) is 4.98 Å². The molecule has 1 N–H and O–H groups in total. The molecule has 3 rings (SSSR count). The number of nitrogens with zero attached hydrogens (tertiary/aromatic N) is 2. The van der Waals surface area contributed by atoms with Gasteiger partial charge in [-0.15, -0.1) is 0 Å². The Morgan fingerprint density at radius 3 is 2.68 bits per heavy atom. The summed E-state index contributed by atoms with van der Waals surface area (Å²) in [6.07, 6.45) is 4.83. The lowest BCUT2D eigenvalue weighted by Gasteiger charge is -2.11. The Morgan fingerprint density at radius 1 is 1.06 bits per heavy atom. The zero-order valence-corrected chi connectivity index (χ0v) is 18.7. The van der Waals surface area contributed by atoms with Crippen LogP contribution in [0.15, 0.2) is 48.5 Å². The fourth-order valence-electron chi connectivity index (χ4n) is 3.50. The van der Waals surface area contributed by atoms with Crippen LogP contribution in [0.2, 0.25) is 5.02 Å². The molecule has 0 unspecified atom stereocenters. The molecular formula is C24H30ClN3O3. The van der Waals surface area contributed by atoms with E-state index in [0.717, 1.165) is 61.3 Å². The summed E-state index contributed by atoms with van der Waals surface area (Å²) < 4.78 is 13.0. The van der Waals surface area contributed by atoms with Crippen molar-refractivity contribution in [2.24, 2.45) is 0 Å². The number of amides is 1. The topological polar surface area (TPSA) is 65.4 Å². The van der Waals surface area contributed by atoms with E-state index < -0.39 is 0 Å². The minimum atomic E-state index is -0.0647. The Bertz CT molecular complexity index is 956. The number of aromatic nitrogens is 2. The van der Waals surface area contributed by atoms with Crippen LogP contribution in [0.1, 0.15) is 31.5 Å². The highest BCUT2D eigenvalue weighted by Gasteiger charge is 2.10. The van der Waals surface area contributed by atoms with Crippen molar-refractivity contribution >= 4 is 28.5 Å². The minimum absolute atomic E-state index is 0.0647. The van der Waals surface area contributed by atoms with Gasteiger partial charge in [0.15, 0.2) is 0 Å². The molecule has 0 aliphatic carbocycles. The molecule has 0 saturated heterocycles. The van der Waals surface area contributed by atoms with Gasteiger partial charge in [-0.05, 0) is 55.7 Å². The summed E-state index contributed by atoms with van der Waals surface area (Å²) in [5.41, 5.74) is 2.19. The Morgan fingerprint density at radius 2 is 1.87 bits per heavy atom. The Hall–Kier alpha value is -2.57. The van der Waals surface area contributed by atoms with Gasteiger partial charge in [-0.1, -0.05) is 30.2 Å². The molecule has 1 aromatic heterocycles. The molecule has 1 heterocycles.